The van der Waals surface area contributed by atoms with E-state index in [4.69, 9.17) is 10.5 Å². The number of aryl methyl sites for hydroxylation is 1. The molecule has 0 aliphatic carbocycles. The molecule has 0 saturated heterocycles. The Labute approximate surface area is 114 Å². The number of rotatable bonds is 6. The van der Waals surface area contributed by atoms with Crippen LogP contribution in [0.15, 0.2) is 18.2 Å². The van der Waals surface area contributed by atoms with Crippen LogP contribution in [-0.4, -0.2) is 18.6 Å². The summed E-state index contributed by atoms with van der Waals surface area (Å²) in [6, 6.07) is 6.13. The predicted molar refractivity (Wildman–Crippen MR) is 76.4 cm³/mol. The maximum Gasteiger partial charge on any atom is 0.224 e. The second-order valence-corrected chi connectivity index (χ2v) is 5.19. The van der Waals surface area contributed by atoms with E-state index in [-0.39, 0.29) is 11.9 Å². The van der Waals surface area contributed by atoms with E-state index in [9.17, 15) is 4.79 Å². The Balaban J connectivity index is 1.80. The lowest BCUT2D eigenvalue weighted by Crippen LogP contribution is -2.18. The summed E-state index contributed by atoms with van der Waals surface area (Å²) in [7, 11) is 0. The second kappa shape index (κ2) is 6.57. The van der Waals surface area contributed by atoms with Crippen molar-refractivity contribution in [1.29, 1.82) is 0 Å². The summed E-state index contributed by atoms with van der Waals surface area (Å²) in [5.74, 6) is 0.979. The SMILES string of the molecule is CC(N)CCCCOc1ccc2c(c1)CCC(=O)N2. The molecular formula is C15H22N2O2. The first-order chi connectivity index (χ1) is 9.15. The standard InChI is InChI=1S/C15H22N2O2/c1-11(16)4-2-3-9-19-13-6-7-14-12(10-13)5-8-15(18)17-14/h6-7,10-11H,2-5,8-9,16H2,1H3,(H,17,18). The van der Waals surface area contributed by atoms with Gasteiger partial charge in [-0.05, 0) is 56.4 Å². The molecule has 4 nitrogen and oxygen atoms in total. The summed E-state index contributed by atoms with van der Waals surface area (Å²) < 4.78 is 5.73. The van der Waals surface area contributed by atoms with Gasteiger partial charge in [-0.2, -0.15) is 0 Å². The fourth-order valence-electron chi connectivity index (χ4n) is 2.21. The van der Waals surface area contributed by atoms with Crippen LogP contribution in [0.3, 0.4) is 0 Å². The Morgan fingerprint density at radius 2 is 2.21 bits per heavy atom. The highest BCUT2D eigenvalue weighted by atomic mass is 16.5. The van der Waals surface area contributed by atoms with Gasteiger partial charge in [0.1, 0.15) is 5.75 Å². The topological polar surface area (TPSA) is 64.3 Å². The van der Waals surface area contributed by atoms with E-state index >= 15 is 0 Å². The number of carbonyl (C=O) groups excluding carboxylic acids is 1. The molecule has 1 aromatic rings. The third kappa shape index (κ3) is 4.24. The lowest BCUT2D eigenvalue weighted by atomic mass is 10.0. The number of nitrogens with two attached hydrogens (primary N) is 1. The quantitative estimate of drug-likeness (QED) is 0.774. The Hall–Kier alpha value is -1.55. The lowest BCUT2D eigenvalue weighted by molar-refractivity contribution is -0.116. The molecule has 19 heavy (non-hydrogen) atoms. The molecule has 104 valence electrons. The van der Waals surface area contributed by atoms with Crippen LogP contribution >= 0.6 is 0 Å². The van der Waals surface area contributed by atoms with E-state index in [1.54, 1.807) is 0 Å². The minimum atomic E-state index is 0.0945. The predicted octanol–water partition coefficient (Wildman–Crippen LogP) is 2.47. The molecule has 0 bridgehead atoms. The van der Waals surface area contributed by atoms with Crippen molar-refractivity contribution >= 4 is 11.6 Å². The van der Waals surface area contributed by atoms with Crippen molar-refractivity contribution in [2.75, 3.05) is 11.9 Å². The molecule has 2 rings (SSSR count). The van der Waals surface area contributed by atoms with E-state index in [0.717, 1.165) is 49.3 Å². The fourth-order valence-corrected chi connectivity index (χ4v) is 2.21. The smallest absolute Gasteiger partial charge is 0.224 e. The van der Waals surface area contributed by atoms with Crippen LogP contribution in [0.2, 0.25) is 0 Å². The number of anilines is 1. The average Bonchev–Trinajstić information content (AvgIpc) is 2.38. The van der Waals surface area contributed by atoms with Crippen molar-refractivity contribution in [1.82, 2.24) is 0 Å². The van der Waals surface area contributed by atoms with Gasteiger partial charge in [0.05, 0.1) is 6.61 Å². The van der Waals surface area contributed by atoms with Gasteiger partial charge in [0.25, 0.3) is 0 Å². The highest BCUT2D eigenvalue weighted by Gasteiger charge is 2.14. The Morgan fingerprint density at radius 1 is 1.37 bits per heavy atom. The minimum Gasteiger partial charge on any atom is -0.494 e. The molecule has 1 heterocycles. The third-order valence-corrected chi connectivity index (χ3v) is 3.29. The average molecular weight is 262 g/mol. The van der Waals surface area contributed by atoms with Crippen LogP contribution in [-0.2, 0) is 11.2 Å². The zero-order valence-electron chi connectivity index (χ0n) is 11.4. The molecule has 0 aromatic heterocycles. The summed E-state index contributed by atoms with van der Waals surface area (Å²) in [6.07, 6.45) is 4.52. The van der Waals surface area contributed by atoms with Crippen LogP contribution in [0, 0.1) is 0 Å². The molecule has 1 amide bonds. The number of hydrogen-bond acceptors (Lipinski definition) is 3. The highest BCUT2D eigenvalue weighted by molar-refractivity contribution is 5.93. The zero-order chi connectivity index (χ0) is 13.7. The number of fused-ring (bicyclic) bond motifs is 1. The Bertz CT molecular complexity index is 444. The van der Waals surface area contributed by atoms with Crippen molar-refractivity contribution in [2.24, 2.45) is 5.73 Å². The number of amides is 1. The molecule has 0 spiro atoms. The van der Waals surface area contributed by atoms with Crippen molar-refractivity contribution in [2.45, 2.75) is 45.1 Å². The summed E-state index contributed by atoms with van der Waals surface area (Å²) in [6.45, 7) is 2.75. The summed E-state index contributed by atoms with van der Waals surface area (Å²) in [5, 5.41) is 2.87. The number of carbonyl (C=O) groups is 1. The highest BCUT2D eigenvalue weighted by Crippen LogP contribution is 2.26. The largest absolute Gasteiger partial charge is 0.494 e. The van der Waals surface area contributed by atoms with E-state index in [1.165, 1.54) is 0 Å². The number of unbranched alkanes of at least 4 members (excludes halogenated alkanes) is 1. The lowest BCUT2D eigenvalue weighted by Gasteiger charge is -2.17. The molecule has 1 unspecified atom stereocenters. The van der Waals surface area contributed by atoms with Gasteiger partial charge < -0.3 is 15.8 Å². The van der Waals surface area contributed by atoms with Gasteiger partial charge in [0.2, 0.25) is 5.91 Å². The first kappa shape index (κ1) is 13.9. The molecular weight excluding hydrogens is 240 g/mol. The third-order valence-electron chi connectivity index (χ3n) is 3.29. The molecule has 0 saturated carbocycles. The number of hydrogen-bond donors (Lipinski definition) is 2. The van der Waals surface area contributed by atoms with Gasteiger partial charge in [0.15, 0.2) is 0 Å². The van der Waals surface area contributed by atoms with Crippen LogP contribution in [0.4, 0.5) is 5.69 Å². The normalized spacial score (nSPS) is 15.6. The molecule has 0 fully saturated rings. The summed E-state index contributed by atoms with van der Waals surface area (Å²) in [4.78, 5) is 11.3. The monoisotopic (exact) mass is 262 g/mol. The van der Waals surface area contributed by atoms with E-state index in [0.29, 0.717) is 6.42 Å². The number of benzene rings is 1. The molecule has 0 radical (unpaired) electrons. The molecule has 3 N–H and O–H groups in total. The molecule has 4 heteroatoms. The molecule has 1 aromatic carbocycles. The van der Waals surface area contributed by atoms with Crippen molar-refractivity contribution in [3.8, 4) is 5.75 Å². The maximum atomic E-state index is 11.3. The molecule has 1 aliphatic heterocycles. The molecule has 1 aliphatic rings. The van der Waals surface area contributed by atoms with Gasteiger partial charge in [-0.3, -0.25) is 4.79 Å². The Morgan fingerprint density at radius 3 is 3.00 bits per heavy atom. The van der Waals surface area contributed by atoms with Gasteiger partial charge in [0, 0.05) is 18.2 Å². The van der Waals surface area contributed by atoms with Crippen LogP contribution in [0.25, 0.3) is 0 Å². The second-order valence-electron chi connectivity index (χ2n) is 5.19. The van der Waals surface area contributed by atoms with Crippen LogP contribution in [0.5, 0.6) is 5.75 Å². The Kier molecular flexibility index (Phi) is 4.80. The first-order valence-electron chi connectivity index (χ1n) is 6.96. The number of ether oxygens (including phenoxy) is 1. The van der Waals surface area contributed by atoms with E-state index < -0.39 is 0 Å². The molecule has 1 atom stereocenters. The van der Waals surface area contributed by atoms with Crippen molar-refractivity contribution in [3.63, 3.8) is 0 Å². The summed E-state index contributed by atoms with van der Waals surface area (Å²) in [5.41, 5.74) is 7.78. The first-order valence-corrected chi connectivity index (χ1v) is 6.96. The maximum absolute atomic E-state index is 11.3. The summed E-state index contributed by atoms with van der Waals surface area (Å²) >= 11 is 0. The fraction of sp³-hybridized carbons (Fsp3) is 0.533. The van der Waals surface area contributed by atoms with Gasteiger partial charge in [-0.15, -0.1) is 0 Å². The van der Waals surface area contributed by atoms with Crippen molar-refractivity contribution in [3.05, 3.63) is 23.8 Å². The van der Waals surface area contributed by atoms with Crippen molar-refractivity contribution < 1.29 is 9.53 Å². The van der Waals surface area contributed by atoms with E-state index in [1.807, 2.05) is 25.1 Å². The minimum absolute atomic E-state index is 0.0945. The zero-order valence-corrected chi connectivity index (χ0v) is 11.4. The van der Waals surface area contributed by atoms with Crippen LogP contribution < -0.4 is 15.8 Å². The van der Waals surface area contributed by atoms with Gasteiger partial charge >= 0.3 is 0 Å². The number of nitrogens with one attached hydrogen (secondary N) is 1. The van der Waals surface area contributed by atoms with E-state index in [2.05, 4.69) is 5.32 Å². The van der Waals surface area contributed by atoms with Gasteiger partial charge in [-0.1, -0.05) is 0 Å². The van der Waals surface area contributed by atoms with Gasteiger partial charge in [-0.25, -0.2) is 0 Å². The van der Waals surface area contributed by atoms with Crippen LogP contribution in [0.1, 0.15) is 38.2 Å².